The van der Waals surface area contributed by atoms with E-state index in [0.29, 0.717) is 11.3 Å². The van der Waals surface area contributed by atoms with Crippen LogP contribution in [0.1, 0.15) is 0 Å². The number of hydrogen-bond donors (Lipinski definition) is 2. The first-order valence-electron chi connectivity index (χ1n) is 7.70. The van der Waals surface area contributed by atoms with E-state index in [1.165, 1.54) is 12.1 Å². The third-order valence-electron chi connectivity index (χ3n) is 4.04. The Morgan fingerprint density at radius 2 is 1.60 bits per heavy atom. The quantitative estimate of drug-likeness (QED) is 0.574. The van der Waals surface area contributed by atoms with Crippen LogP contribution in [0, 0.1) is 6.07 Å². The summed E-state index contributed by atoms with van der Waals surface area (Å²) in [4.78, 5) is 12.6. The van der Waals surface area contributed by atoms with Gasteiger partial charge in [-0.05, 0) is 11.6 Å². The van der Waals surface area contributed by atoms with Gasteiger partial charge in [-0.1, -0.05) is 54.6 Å². The molecule has 0 saturated carbocycles. The number of aromatic hydroxyl groups is 2. The third-order valence-corrected chi connectivity index (χ3v) is 4.04. The van der Waals surface area contributed by atoms with Gasteiger partial charge in [0.05, 0.1) is 5.56 Å². The average molecular weight is 329 g/mol. The standard InChI is InChI=1S/C21H13O4/c22-15-12-18-20(21(24)19(15)14-9-5-2-6-10-14)16(23)11-17(25-18)13-7-3-1-4-8-13/h1,3-12,22,24H. The highest BCUT2D eigenvalue weighted by Crippen LogP contribution is 2.42. The van der Waals surface area contributed by atoms with E-state index in [2.05, 4.69) is 6.07 Å². The van der Waals surface area contributed by atoms with Crippen molar-refractivity contribution in [1.82, 2.24) is 0 Å². The van der Waals surface area contributed by atoms with Crippen LogP contribution in [0.3, 0.4) is 0 Å². The van der Waals surface area contributed by atoms with Crippen molar-refractivity contribution in [2.24, 2.45) is 0 Å². The number of phenolic OH excluding ortho intramolecular Hbond substituents is 2. The molecule has 0 atom stereocenters. The lowest BCUT2D eigenvalue weighted by atomic mass is 10.0. The Balaban J connectivity index is 2.01. The summed E-state index contributed by atoms with van der Waals surface area (Å²) < 4.78 is 5.76. The van der Waals surface area contributed by atoms with E-state index in [9.17, 15) is 15.0 Å². The minimum atomic E-state index is -0.374. The van der Waals surface area contributed by atoms with Crippen molar-refractivity contribution in [3.8, 4) is 33.9 Å². The largest absolute Gasteiger partial charge is 0.507 e. The van der Waals surface area contributed by atoms with E-state index in [1.807, 2.05) is 30.3 Å². The summed E-state index contributed by atoms with van der Waals surface area (Å²) in [6, 6.07) is 21.5. The first-order valence-corrected chi connectivity index (χ1v) is 7.70. The van der Waals surface area contributed by atoms with Crippen LogP contribution in [0.4, 0.5) is 0 Å². The van der Waals surface area contributed by atoms with Crippen LogP contribution in [-0.4, -0.2) is 10.2 Å². The number of benzene rings is 3. The fourth-order valence-electron chi connectivity index (χ4n) is 2.87. The summed E-state index contributed by atoms with van der Waals surface area (Å²) in [5, 5.41) is 21.0. The van der Waals surface area contributed by atoms with Crippen molar-refractivity contribution in [3.63, 3.8) is 0 Å². The van der Waals surface area contributed by atoms with E-state index >= 15 is 0 Å². The van der Waals surface area contributed by atoms with Crippen molar-refractivity contribution >= 4 is 11.0 Å². The molecule has 2 N–H and O–H groups in total. The summed E-state index contributed by atoms with van der Waals surface area (Å²) in [5.74, 6) is -0.0851. The first-order chi connectivity index (χ1) is 12.1. The molecule has 0 aliphatic heterocycles. The monoisotopic (exact) mass is 329 g/mol. The molecule has 0 aliphatic carbocycles. The second kappa shape index (κ2) is 5.83. The van der Waals surface area contributed by atoms with Crippen LogP contribution in [-0.2, 0) is 0 Å². The van der Waals surface area contributed by atoms with Crippen LogP contribution >= 0.6 is 0 Å². The highest BCUT2D eigenvalue weighted by Gasteiger charge is 2.19. The van der Waals surface area contributed by atoms with Crippen molar-refractivity contribution in [2.75, 3.05) is 0 Å². The molecular weight excluding hydrogens is 316 g/mol. The van der Waals surface area contributed by atoms with E-state index in [0.717, 1.165) is 5.56 Å². The molecule has 0 bridgehead atoms. The third kappa shape index (κ3) is 2.54. The lowest BCUT2D eigenvalue weighted by Crippen LogP contribution is -2.01. The van der Waals surface area contributed by atoms with Crippen molar-refractivity contribution < 1.29 is 14.6 Å². The van der Waals surface area contributed by atoms with Crippen LogP contribution in [0.15, 0.2) is 75.9 Å². The van der Waals surface area contributed by atoms with Gasteiger partial charge in [-0.3, -0.25) is 4.79 Å². The Hall–Kier alpha value is -3.53. The van der Waals surface area contributed by atoms with Gasteiger partial charge in [0.2, 0.25) is 0 Å². The molecule has 0 fully saturated rings. The number of hydrogen-bond acceptors (Lipinski definition) is 4. The maximum atomic E-state index is 12.6. The van der Waals surface area contributed by atoms with Crippen molar-refractivity contribution in [1.29, 1.82) is 0 Å². The highest BCUT2D eigenvalue weighted by atomic mass is 16.3. The van der Waals surface area contributed by atoms with Crippen LogP contribution in [0.5, 0.6) is 11.5 Å². The molecule has 25 heavy (non-hydrogen) atoms. The first kappa shape index (κ1) is 15.0. The molecule has 121 valence electrons. The lowest BCUT2D eigenvalue weighted by Gasteiger charge is -2.11. The molecule has 4 heteroatoms. The molecule has 0 spiro atoms. The fourth-order valence-corrected chi connectivity index (χ4v) is 2.87. The minimum absolute atomic E-state index is 0.0420. The van der Waals surface area contributed by atoms with Gasteiger partial charge in [0.25, 0.3) is 0 Å². The van der Waals surface area contributed by atoms with Gasteiger partial charge in [0.15, 0.2) is 5.43 Å². The Morgan fingerprint density at radius 3 is 2.32 bits per heavy atom. The van der Waals surface area contributed by atoms with E-state index < -0.39 is 0 Å². The summed E-state index contributed by atoms with van der Waals surface area (Å²) in [6.07, 6.45) is 0. The smallest absolute Gasteiger partial charge is 0.197 e. The number of phenols is 2. The van der Waals surface area contributed by atoms with E-state index in [-0.39, 0.29) is 33.5 Å². The Bertz CT molecular complexity index is 1110. The molecule has 0 aliphatic rings. The second-order valence-electron chi connectivity index (χ2n) is 5.62. The number of fused-ring (bicyclic) bond motifs is 1. The zero-order valence-electron chi connectivity index (χ0n) is 13.1. The van der Waals surface area contributed by atoms with Gasteiger partial charge in [0, 0.05) is 17.7 Å². The molecule has 1 radical (unpaired) electrons. The van der Waals surface area contributed by atoms with Crippen LogP contribution in [0.25, 0.3) is 33.4 Å². The summed E-state index contributed by atoms with van der Waals surface area (Å²) in [5.41, 5.74) is 1.28. The predicted molar refractivity (Wildman–Crippen MR) is 95.5 cm³/mol. The second-order valence-corrected chi connectivity index (χ2v) is 5.62. The van der Waals surface area contributed by atoms with Gasteiger partial charge in [-0.2, -0.15) is 0 Å². The normalized spacial score (nSPS) is 10.9. The van der Waals surface area contributed by atoms with Gasteiger partial charge in [0.1, 0.15) is 28.2 Å². The molecule has 0 saturated heterocycles. The topological polar surface area (TPSA) is 70.7 Å². The minimum Gasteiger partial charge on any atom is -0.507 e. The van der Waals surface area contributed by atoms with E-state index in [1.54, 1.807) is 24.3 Å². The highest BCUT2D eigenvalue weighted by molar-refractivity contribution is 5.95. The van der Waals surface area contributed by atoms with E-state index in [4.69, 9.17) is 4.42 Å². The molecule has 4 aromatic rings. The molecule has 0 amide bonds. The molecule has 4 rings (SSSR count). The lowest BCUT2D eigenvalue weighted by molar-refractivity contribution is 0.456. The molecular formula is C21H13O4. The van der Waals surface area contributed by atoms with Crippen LogP contribution < -0.4 is 5.43 Å². The SMILES string of the molecule is O=c1cc(-c2ccccc2)oc2cc(O)c(-c3cc[c]cc3)c(O)c12. The Kier molecular flexibility index (Phi) is 3.51. The van der Waals surface area contributed by atoms with Crippen molar-refractivity contribution in [2.45, 2.75) is 0 Å². The zero-order valence-corrected chi connectivity index (χ0v) is 13.1. The molecule has 4 nitrogen and oxygen atoms in total. The average Bonchev–Trinajstić information content (AvgIpc) is 2.62. The van der Waals surface area contributed by atoms with Gasteiger partial charge in [-0.15, -0.1) is 0 Å². The summed E-state index contributed by atoms with van der Waals surface area (Å²) >= 11 is 0. The van der Waals surface area contributed by atoms with Crippen molar-refractivity contribution in [3.05, 3.63) is 83.0 Å². The Labute approximate surface area is 143 Å². The maximum absolute atomic E-state index is 12.6. The predicted octanol–water partition coefficient (Wildman–Crippen LogP) is 4.34. The van der Waals surface area contributed by atoms with Crippen LogP contribution in [0.2, 0.25) is 0 Å². The zero-order chi connectivity index (χ0) is 17.4. The Morgan fingerprint density at radius 1 is 0.880 bits per heavy atom. The molecule has 0 unspecified atom stereocenters. The van der Waals surface area contributed by atoms with Gasteiger partial charge in [-0.25, -0.2) is 0 Å². The molecule has 1 heterocycles. The number of rotatable bonds is 2. The molecule has 3 aromatic carbocycles. The fraction of sp³-hybridized carbons (Fsp3) is 0. The summed E-state index contributed by atoms with van der Waals surface area (Å²) in [7, 11) is 0. The van der Waals surface area contributed by atoms with Gasteiger partial charge < -0.3 is 14.6 Å². The maximum Gasteiger partial charge on any atom is 0.197 e. The summed E-state index contributed by atoms with van der Waals surface area (Å²) in [6.45, 7) is 0. The van der Waals surface area contributed by atoms with Gasteiger partial charge >= 0.3 is 0 Å². The molecule has 1 aromatic heterocycles.